The number of rotatable bonds is 3. The lowest BCUT2D eigenvalue weighted by Gasteiger charge is -2.12. The van der Waals surface area contributed by atoms with E-state index in [9.17, 15) is 0 Å². The minimum Gasteiger partial charge on any atom is -0.437 e. The number of aromatic nitrogens is 3. The molecule has 144 valence electrons. The number of para-hydroxylation sites is 1. The molecular weight excluding hydrogens is 358 g/mol. The van der Waals surface area contributed by atoms with Crippen LogP contribution >= 0.6 is 0 Å². The average Bonchev–Trinajstić information content (AvgIpc) is 3.28. The van der Waals surface area contributed by atoms with Crippen molar-refractivity contribution in [1.29, 1.82) is 0 Å². The van der Waals surface area contributed by atoms with Crippen LogP contribution in [0.25, 0.3) is 39.1 Å². The van der Waals surface area contributed by atoms with E-state index in [0.717, 1.165) is 27.7 Å². The number of fused-ring (bicyclic) bond motifs is 3. The van der Waals surface area contributed by atoms with Gasteiger partial charge in [0.15, 0.2) is 5.58 Å². The molecular formula is C25H24N3O+. The third-order valence-electron chi connectivity index (χ3n) is 5.67. The minimum absolute atomic E-state index is 0.430. The number of nitrogens with zero attached hydrogens (tertiary/aromatic N) is 3. The molecule has 0 radical (unpaired) electrons. The van der Waals surface area contributed by atoms with E-state index in [1.807, 2.05) is 6.07 Å². The normalized spacial score (nSPS) is 11.8. The van der Waals surface area contributed by atoms with Crippen LogP contribution in [-0.2, 0) is 7.05 Å². The molecule has 0 aliphatic rings. The van der Waals surface area contributed by atoms with Crippen molar-refractivity contribution in [3.63, 3.8) is 0 Å². The summed E-state index contributed by atoms with van der Waals surface area (Å²) in [5.41, 5.74) is 6.36. The second-order valence-electron chi connectivity index (χ2n) is 7.91. The Balaban J connectivity index is 1.86. The van der Waals surface area contributed by atoms with Gasteiger partial charge in [-0.05, 0) is 36.6 Å². The van der Waals surface area contributed by atoms with Gasteiger partial charge in [-0.15, -0.1) is 0 Å². The maximum absolute atomic E-state index is 6.27. The van der Waals surface area contributed by atoms with Crippen molar-refractivity contribution >= 4 is 22.1 Å². The summed E-state index contributed by atoms with van der Waals surface area (Å²) in [5, 5.41) is 2.14. The van der Waals surface area contributed by atoms with Gasteiger partial charge in [0.1, 0.15) is 23.6 Å². The highest BCUT2D eigenvalue weighted by atomic mass is 16.3. The van der Waals surface area contributed by atoms with Gasteiger partial charge in [0.05, 0.1) is 7.05 Å². The zero-order valence-electron chi connectivity index (χ0n) is 17.2. The summed E-state index contributed by atoms with van der Waals surface area (Å²) >= 11 is 0. The Morgan fingerprint density at radius 2 is 1.83 bits per heavy atom. The van der Waals surface area contributed by atoms with Crippen LogP contribution in [-0.4, -0.2) is 9.55 Å². The third kappa shape index (κ3) is 2.67. The van der Waals surface area contributed by atoms with E-state index in [2.05, 4.69) is 96.8 Å². The largest absolute Gasteiger partial charge is 0.437 e. The zero-order chi connectivity index (χ0) is 20.1. The summed E-state index contributed by atoms with van der Waals surface area (Å²) in [4.78, 5) is 4.43. The number of furan rings is 1. The molecule has 0 saturated carbocycles. The Labute approximate surface area is 170 Å². The first-order chi connectivity index (χ1) is 14.1. The maximum Gasteiger partial charge on any atom is 0.297 e. The first kappa shape index (κ1) is 17.7. The van der Waals surface area contributed by atoms with Crippen LogP contribution in [0.1, 0.15) is 30.9 Å². The molecule has 0 N–H and O–H groups in total. The van der Waals surface area contributed by atoms with Crippen molar-refractivity contribution in [1.82, 2.24) is 9.55 Å². The standard InChI is InChI=1S/C25H24N3O/c1-16(2)18-8-5-6-10-21(18)28-15-14-27(4)25(28)22-17(3)11-12-19-20-9-7-13-26-24(20)29-23(19)22/h5-16H,1-4H3/q+1. The van der Waals surface area contributed by atoms with Crippen LogP contribution in [0, 0.1) is 6.92 Å². The number of hydrogen-bond acceptors (Lipinski definition) is 2. The highest BCUT2D eigenvalue weighted by Gasteiger charge is 2.27. The summed E-state index contributed by atoms with van der Waals surface area (Å²) < 4.78 is 10.7. The van der Waals surface area contributed by atoms with Gasteiger partial charge < -0.3 is 4.42 Å². The summed E-state index contributed by atoms with van der Waals surface area (Å²) in [6.07, 6.45) is 6.01. The molecule has 5 aromatic rings. The molecule has 0 aliphatic heterocycles. The molecule has 3 aromatic heterocycles. The Hall–Kier alpha value is -3.40. The van der Waals surface area contributed by atoms with Gasteiger partial charge >= 0.3 is 0 Å². The van der Waals surface area contributed by atoms with Crippen molar-refractivity contribution in [2.75, 3.05) is 0 Å². The van der Waals surface area contributed by atoms with Crippen molar-refractivity contribution in [2.45, 2.75) is 26.7 Å². The number of imidazole rings is 1. The molecule has 0 bridgehead atoms. The second kappa shape index (κ2) is 6.59. The first-order valence-corrected chi connectivity index (χ1v) is 9.99. The molecule has 2 aromatic carbocycles. The molecule has 0 unspecified atom stereocenters. The van der Waals surface area contributed by atoms with Crippen molar-refractivity contribution in [3.8, 4) is 17.1 Å². The number of benzene rings is 2. The second-order valence-corrected chi connectivity index (χ2v) is 7.91. The fourth-order valence-electron chi connectivity index (χ4n) is 4.22. The smallest absolute Gasteiger partial charge is 0.297 e. The van der Waals surface area contributed by atoms with E-state index in [-0.39, 0.29) is 0 Å². The molecule has 0 amide bonds. The van der Waals surface area contributed by atoms with Crippen LogP contribution in [0.2, 0.25) is 0 Å². The van der Waals surface area contributed by atoms with Crippen molar-refractivity contribution < 1.29 is 8.98 Å². The molecule has 0 spiro atoms. The van der Waals surface area contributed by atoms with E-state index < -0.39 is 0 Å². The van der Waals surface area contributed by atoms with Crippen LogP contribution < -0.4 is 4.57 Å². The van der Waals surface area contributed by atoms with Crippen molar-refractivity contribution in [2.24, 2.45) is 7.05 Å². The monoisotopic (exact) mass is 382 g/mol. The lowest BCUT2D eigenvalue weighted by atomic mass is 10.00. The first-order valence-electron chi connectivity index (χ1n) is 9.99. The Morgan fingerprint density at radius 3 is 2.66 bits per heavy atom. The Kier molecular flexibility index (Phi) is 4.02. The lowest BCUT2D eigenvalue weighted by Crippen LogP contribution is -2.29. The Bertz CT molecular complexity index is 1360. The number of pyridine rings is 1. The molecule has 0 fully saturated rings. The lowest BCUT2D eigenvalue weighted by molar-refractivity contribution is -0.659. The molecule has 0 saturated heterocycles. The number of aryl methyl sites for hydroxylation is 2. The molecule has 0 aliphatic carbocycles. The summed E-state index contributed by atoms with van der Waals surface area (Å²) in [6, 6.07) is 16.9. The van der Waals surface area contributed by atoms with E-state index in [1.54, 1.807) is 6.20 Å². The average molecular weight is 382 g/mol. The van der Waals surface area contributed by atoms with E-state index in [0.29, 0.717) is 11.6 Å². The molecule has 29 heavy (non-hydrogen) atoms. The molecule has 4 heteroatoms. The molecule has 3 heterocycles. The van der Waals surface area contributed by atoms with Crippen LogP contribution in [0.4, 0.5) is 0 Å². The van der Waals surface area contributed by atoms with E-state index in [4.69, 9.17) is 4.42 Å². The van der Waals surface area contributed by atoms with Gasteiger partial charge in [-0.1, -0.05) is 44.2 Å². The summed E-state index contributed by atoms with van der Waals surface area (Å²) in [7, 11) is 2.09. The van der Waals surface area contributed by atoms with Crippen molar-refractivity contribution in [3.05, 3.63) is 78.2 Å². The fourth-order valence-corrected chi connectivity index (χ4v) is 4.22. The molecule has 4 nitrogen and oxygen atoms in total. The van der Waals surface area contributed by atoms with Gasteiger partial charge in [0.25, 0.3) is 5.82 Å². The highest BCUT2D eigenvalue weighted by Crippen LogP contribution is 2.37. The molecule has 5 rings (SSSR count). The third-order valence-corrected chi connectivity index (χ3v) is 5.67. The summed E-state index contributed by atoms with van der Waals surface area (Å²) in [5.74, 6) is 1.53. The summed E-state index contributed by atoms with van der Waals surface area (Å²) in [6.45, 7) is 6.61. The maximum atomic E-state index is 6.27. The van der Waals surface area contributed by atoms with Crippen LogP contribution in [0.3, 0.4) is 0 Å². The van der Waals surface area contributed by atoms with Gasteiger partial charge in [-0.25, -0.2) is 9.55 Å². The van der Waals surface area contributed by atoms with Crippen LogP contribution in [0.5, 0.6) is 0 Å². The molecule has 0 atom stereocenters. The fraction of sp³-hybridized carbons (Fsp3) is 0.200. The highest BCUT2D eigenvalue weighted by molar-refractivity contribution is 6.08. The van der Waals surface area contributed by atoms with Gasteiger partial charge in [0, 0.05) is 22.5 Å². The SMILES string of the molecule is Cc1ccc2c(oc3ncccc32)c1-c1n(-c2ccccc2C(C)C)cc[n+]1C. The van der Waals surface area contributed by atoms with Gasteiger partial charge in [-0.3, -0.25) is 0 Å². The predicted octanol–water partition coefficient (Wildman–Crippen LogP) is 5.70. The Morgan fingerprint density at radius 1 is 1.00 bits per heavy atom. The van der Waals surface area contributed by atoms with E-state index >= 15 is 0 Å². The predicted molar refractivity (Wildman–Crippen MR) is 116 cm³/mol. The van der Waals surface area contributed by atoms with Crippen LogP contribution in [0.15, 0.2) is 71.5 Å². The minimum atomic E-state index is 0.430. The van der Waals surface area contributed by atoms with Gasteiger partial charge in [-0.2, -0.15) is 4.57 Å². The quantitative estimate of drug-likeness (QED) is 0.375. The van der Waals surface area contributed by atoms with Gasteiger partial charge in [0.2, 0.25) is 5.71 Å². The topological polar surface area (TPSA) is 34.8 Å². The zero-order valence-corrected chi connectivity index (χ0v) is 17.2. The van der Waals surface area contributed by atoms with E-state index in [1.165, 1.54) is 16.8 Å². The number of hydrogen-bond donors (Lipinski definition) is 0.